The van der Waals surface area contributed by atoms with Crippen molar-refractivity contribution in [1.29, 1.82) is 0 Å². The minimum Gasteiger partial charge on any atom is -0.396 e. The average Bonchev–Trinajstić information content (AvgIpc) is 2.12. The van der Waals surface area contributed by atoms with Gasteiger partial charge in [0.1, 0.15) is 0 Å². The quantitative estimate of drug-likeness (QED) is 0.452. The van der Waals surface area contributed by atoms with E-state index in [0.29, 0.717) is 32.1 Å². The summed E-state index contributed by atoms with van der Waals surface area (Å²) >= 11 is 0. The fraction of sp³-hybridized carbons (Fsp3) is 1.00. The Bertz CT molecular complexity index is 127. The number of aliphatic hydroxyl groups is 4. The van der Waals surface area contributed by atoms with E-state index >= 15 is 0 Å². The van der Waals surface area contributed by atoms with E-state index in [1.54, 1.807) is 6.92 Å². The van der Waals surface area contributed by atoms with E-state index in [9.17, 15) is 10.2 Å². The number of rotatable bonds is 8. The summed E-state index contributed by atoms with van der Waals surface area (Å²) in [5.41, 5.74) is 0. The zero-order chi connectivity index (χ0) is 11.0. The molecule has 0 radical (unpaired) electrons. The van der Waals surface area contributed by atoms with Crippen molar-refractivity contribution < 1.29 is 20.4 Å². The molecule has 0 aromatic heterocycles. The van der Waals surface area contributed by atoms with Crippen LogP contribution >= 0.6 is 0 Å². The van der Waals surface area contributed by atoms with Gasteiger partial charge in [-0.1, -0.05) is 0 Å². The van der Waals surface area contributed by atoms with Crippen LogP contribution in [0, 0.1) is 0 Å². The van der Waals surface area contributed by atoms with Crippen molar-refractivity contribution in [3.05, 3.63) is 0 Å². The summed E-state index contributed by atoms with van der Waals surface area (Å²) in [4.78, 5) is 0. The highest BCUT2D eigenvalue weighted by Gasteiger charge is 2.09. The second-order valence-corrected chi connectivity index (χ2v) is 3.82. The van der Waals surface area contributed by atoms with Gasteiger partial charge < -0.3 is 20.4 Å². The summed E-state index contributed by atoms with van der Waals surface area (Å²) < 4.78 is 0. The van der Waals surface area contributed by atoms with E-state index in [4.69, 9.17) is 10.2 Å². The van der Waals surface area contributed by atoms with Crippen LogP contribution in [0.25, 0.3) is 0 Å². The molecule has 0 rings (SSSR count). The lowest BCUT2D eigenvalue weighted by atomic mass is 10.0. The second-order valence-electron chi connectivity index (χ2n) is 3.82. The second kappa shape index (κ2) is 8.17. The standard InChI is InChI=1S/C10H22O4/c1-8(12)2-3-9(13)4-5-10(14)6-7-11/h8-14H,2-7H2,1H3. The zero-order valence-corrected chi connectivity index (χ0v) is 8.76. The molecular formula is C10H22O4. The topological polar surface area (TPSA) is 80.9 Å². The minimum absolute atomic E-state index is 0.0229. The van der Waals surface area contributed by atoms with Gasteiger partial charge in [-0.25, -0.2) is 0 Å². The molecule has 0 spiro atoms. The Balaban J connectivity index is 3.38. The molecule has 0 aliphatic heterocycles. The molecule has 3 unspecified atom stereocenters. The molecule has 4 heteroatoms. The molecular weight excluding hydrogens is 184 g/mol. The number of hydrogen-bond donors (Lipinski definition) is 4. The van der Waals surface area contributed by atoms with Gasteiger partial charge in [0.25, 0.3) is 0 Å². The van der Waals surface area contributed by atoms with Crippen molar-refractivity contribution in [2.45, 2.75) is 57.3 Å². The predicted molar refractivity (Wildman–Crippen MR) is 53.9 cm³/mol. The minimum atomic E-state index is -0.527. The first-order valence-electron chi connectivity index (χ1n) is 5.21. The first kappa shape index (κ1) is 13.8. The van der Waals surface area contributed by atoms with Gasteiger partial charge in [-0.05, 0) is 39.0 Å². The Morgan fingerprint density at radius 2 is 1.21 bits per heavy atom. The van der Waals surface area contributed by atoms with Crippen LogP contribution in [-0.2, 0) is 0 Å². The normalized spacial score (nSPS) is 17.8. The van der Waals surface area contributed by atoms with Crippen molar-refractivity contribution in [3.63, 3.8) is 0 Å². The molecule has 0 amide bonds. The van der Waals surface area contributed by atoms with Gasteiger partial charge >= 0.3 is 0 Å². The summed E-state index contributed by atoms with van der Waals surface area (Å²) in [6.07, 6.45) is 1.16. The van der Waals surface area contributed by atoms with E-state index in [1.165, 1.54) is 0 Å². The third-order valence-electron chi connectivity index (χ3n) is 2.21. The summed E-state index contributed by atoms with van der Waals surface area (Å²) in [6.45, 7) is 1.66. The van der Waals surface area contributed by atoms with E-state index in [1.807, 2.05) is 0 Å². The average molecular weight is 206 g/mol. The van der Waals surface area contributed by atoms with Crippen molar-refractivity contribution >= 4 is 0 Å². The maximum Gasteiger partial charge on any atom is 0.0563 e. The highest BCUT2D eigenvalue weighted by Crippen LogP contribution is 2.10. The van der Waals surface area contributed by atoms with Crippen LogP contribution in [0.2, 0.25) is 0 Å². The van der Waals surface area contributed by atoms with Crippen molar-refractivity contribution in [2.24, 2.45) is 0 Å². The van der Waals surface area contributed by atoms with Gasteiger partial charge in [0.15, 0.2) is 0 Å². The van der Waals surface area contributed by atoms with Gasteiger partial charge in [-0.3, -0.25) is 0 Å². The van der Waals surface area contributed by atoms with Crippen LogP contribution in [0.4, 0.5) is 0 Å². The molecule has 0 fully saturated rings. The number of aliphatic hydroxyl groups excluding tert-OH is 4. The lowest BCUT2D eigenvalue weighted by Gasteiger charge is -2.14. The lowest BCUT2D eigenvalue weighted by molar-refractivity contribution is 0.0813. The van der Waals surface area contributed by atoms with Crippen molar-refractivity contribution in [3.8, 4) is 0 Å². The molecule has 0 aliphatic carbocycles. The van der Waals surface area contributed by atoms with E-state index in [0.717, 1.165) is 0 Å². The molecule has 4 N–H and O–H groups in total. The molecule has 0 aliphatic rings. The smallest absolute Gasteiger partial charge is 0.0563 e. The summed E-state index contributed by atoms with van der Waals surface area (Å²) in [5.74, 6) is 0. The zero-order valence-electron chi connectivity index (χ0n) is 8.76. The van der Waals surface area contributed by atoms with Gasteiger partial charge in [0.2, 0.25) is 0 Å². The van der Waals surface area contributed by atoms with Crippen LogP contribution < -0.4 is 0 Å². The summed E-state index contributed by atoms with van der Waals surface area (Å²) in [5, 5.41) is 36.2. The van der Waals surface area contributed by atoms with E-state index < -0.39 is 12.2 Å². The predicted octanol–water partition coefficient (Wildman–Crippen LogP) is 0.0318. The van der Waals surface area contributed by atoms with Crippen LogP contribution in [0.3, 0.4) is 0 Å². The van der Waals surface area contributed by atoms with Gasteiger partial charge in [0.05, 0.1) is 18.3 Å². The molecule has 14 heavy (non-hydrogen) atoms. The van der Waals surface area contributed by atoms with Crippen molar-refractivity contribution in [2.75, 3.05) is 6.61 Å². The maximum absolute atomic E-state index is 9.43. The van der Waals surface area contributed by atoms with Gasteiger partial charge in [-0.2, -0.15) is 0 Å². The molecule has 3 atom stereocenters. The van der Waals surface area contributed by atoms with E-state index in [-0.39, 0.29) is 12.7 Å². The number of hydrogen-bond acceptors (Lipinski definition) is 4. The fourth-order valence-electron chi connectivity index (χ4n) is 1.26. The van der Waals surface area contributed by atoms with Gasteiger partial charge in [-0.15, -0.1) is 0 Å². The fourth-order valence-corrected chi connectivity index (χ4v) is 1.26. The van der Waals surface area contributed by atoms with Crippen LogP contribution in [-0.4, -0.2) is 45.3 Å². The van der Waals surface area contributed by atoms with Gasteiger partial charge in [0, 0.05) is 6.61 Å². The highest BCUT2D eigenvalue weighted by atomic mass is 16.3. The Hall–Kier alpha value is -0.160. The van der Waals surface area contributed by atoms with Crippen LogP contribution in [0.5, 0.6) is 0 Å². The molecule has 86 valence electrons. The molecule has 0 heterocycles. The largest absolute Gasteiger partial charge is 0.396 e. The van der Waals surface area contributed by atoms with Crippen LogP contribution in [0.1, 0.15) is 39.0 Å². The SMILES string of the molecule is CC(O)CCC(O)CCC(O)CCO. The Morgan fingerprint density at radius 1 is 0.786 bits per heavy atom. The first-order chi connectivity index (χ1) is 6.56. The third-order valence-corrected chi connectivity index (χ3v) is 2.21. The monoisotopic (exact) mass is 206 g/mol. The first-order valence-corrected chi connectivity index (χ1v) is 5.21. The van der Waals surface area contributed by atoms with Crippen LogP contribution in [0.15, 0.2) is 0 Å². The van der Waals surface area contributed by atoms with Crippen molar-refractivity contribution in [1.82, 2.24) is 0 Å². The molecule has 0 saturated heterocycles. The molecule has 0 bridgehead atoms. The van der Waals surface area contributed by atoms with E-state index in [2.05, 4.69) is 0 Å². The molecule has 4 nitrogen and oxygen atoms in total. The Morgan fingerprint density at radius 3 is 1.64 bits per heavy atom. The maximum atomic E-state index is 9.43. The molecule has 0 saturated carbocycles. The highest BCUT2D eigenvalue weighted by molar-refractivity contribution is 4.62. The Kier molecular flexibility index (Phi) is 8.08. The summed E-state index contributed by atoms with van der Waals surface area (Å²) in [6, 6.07) is 0. The summed E-state index contributed by atoms with van der Waals surface area (Å²) in [7, 11) is 0. The Labute approximate surface area is 85.2 Å². The third kappa shape index (κ3) is 8.44. The lowest BCUT2D eigenvalue weighted by Crippen LogP contribution is -2.15. The molecule has 0 aromatic rings. The molecule has 0 aromatic carbocycles.